The number of carbonyl (C=O) groups is 4. The number of aromatic nitrogens is 6. The third-order valence-corrected chi connectivity index (χ3v) is 8.49. The second-order valence-corrected chi connectivity index (χ2v) is 14.7. The second-order valence-electron chi connectivity index (χ2n) is 14.7. The van der Waals surface area contributed by atoms with Crippen LogP contribution in [0.15, 0.2) is 159 Å². The van der Waals surface area contributed by atoms with E-state index >= 15 is 0 Å². The van der Waals surface area contributed by atoms with Crippen molar-refractivity contribution in [1.29, 1.82) is 0 Å². The number of amides is 2. The molecule has 0 saturated carbocycles. The van der Waals surface area contributed by atoms with E-state index in [1.165, 1.54) is 34.1 Å². The molecule has 0 aliphatic rings. The van der Waals surface area contributed by atoms with E-state index in [2.05, 4.69) is 29.9 Å². The number of benzene rings is 2. The molecule has 0 aliphatic heterocycles. The fraction of sp³-hybridized carbons (Fsp3) is 0.0800. The SMILES string of the molecule is CN(C)C=O.CN(C)C=O.Nc1ccnc(-c2cc(N)ccn2)c1.Nc1ccnc(-c2cc(N)ccn2)c1.Nc1ccnc(-c2cc(N)ccn2)c1.O=C([O-])c1ccc(-c2ccc(C(=O)[O-])cc2)cc1.[Ni+2]. The summed E-state index contributed by atoms with van der Waals surface area (Å²) in [7, 11) is 6.75. The summed E-state index contributed by atoms with van der Waals surface area (Å²) in [5, 5.41) is 21.2. The number of aromatic carboxylic acids is 2. The molecule has 6 heterocycles. The summed E-state index contributed by atoms with van der Waals surface area (Å²) in [6.07, 6.45) is 11.4. The Morgan fingerprint density at radius 2 is 0.549 bits per heavy atom. The van der Waals surface area contributed by atoms with Crippen LogP contribution in [0.5, 0.6) is 0 Å². The van der Waals surface area contributed by atoms with Gasteiger partial charge in [0, 0.05) is 99.5 Å². The van der Waals surface area contributed by atoms with Gasteiger partial charge in [-0.1, -0.05) is 48.5 Å². The molecule has 2 aromatic carbocycles. The maximum absolute atomic E-state index is 10.6. The Bertz CT molecular complexity index is 2520. The van der Waals surface area contributed by atoms with Gasteiger partial charge in [-0.15, -0.1) is 0 Å². The Morgan fingerprint density at radius 1 is 0.380 bits per heavy atom. The summed E-state index contributed by atoms with van der Waals surface area (Å²) in [6.45, 7) is 0. The Kier molecular flexibility index (Phi) is 24.4. The molecule has 21 heteroatoms. The van der Waals surface area contributed by atoms with Crippen LogP contribution in [0, 0.1) is 0 Å². The number of nitrogens with zero attached hydrogens (tertiary/aromatic N) is 8. The Labute approximate surface area is 420 Å². The van der Waals surface area contributed by atoms with Crippen molar-refractivity contribution in [3.8, 4) is 45.3 Å². The Morgan fingerprint density at radius 3 is 0.676 bits per heavy atom. The van der Waals surface area contributed by atoms with Gasteiger partial charge in [0.15, 0.2) is 0 Å². The number of carboxylic acid groups (broad SMARTS) is 2. The fourth-order valence-electron chi connectivity index (χ4n) is 5.12. The topological polar surface area (TPSA) is 354 Å². The molecule has 0 spiro atoms. The van der Waals surface area contributed by atoms with Crippen LogP contribution in [0.2, 0.25) is 0 Å². The van der Waals surface area contributed by atoms with Crippen molar-refractivity contribution in [1.82, 2.24) is 39.7 Å². The van der Waals surface area contributed by atoms with Gasteiger partial charge in [0.05, 0.1) is 46.1 Å². The number of nitrogens with two attached hydrogens (primary N) is 6. The van der Waals surface area contributed by atoms with Crippen LogP contribution in [-0.2, 0) is 26.1 Å². The van der Waals surface area contributed by atoms with Crippen LogP contribution in [0.3, 0.4) is 0 Å². The normalized spacial score (nSPS) is 9.41. The predicted molar refractivity (Wildman–Crippen MR) is 269 cm³/mol. The van der Waals surface area contributed by atoms with E-state index < -0.39 is 11.9 Å². The van der Waals surface area contributed by atoms with E-state index in [0.29, 0.717) is 34.1 Å². The van der Waals surface area contributed by atoms with E-state index in [9.17, 15) is 29.4 Å². The van der Waals surface area contributed by atoms with Crippen LogP contribution >= 0.6 is 0 Å². The minimum Gasteiger partial charge on any atom is -0.545 e. The van der Waals surface area contributed by atoms with Crippen LogP contribution in [-0.4, -0.2) is 92.7 Å². The first kappa shape index (κ1) is 57.6. The zero-order valence-electron chi connectivity index (χ0n) is 39.0. The molecule has 2 amide bonds. The molecule has 0 atom stereocenters. The summed E-state index contributed by atoms with van der Waals surface area (Å²) in [6, 6.07) is 33.3. The molecule has 20 nitrogen and oxygen atoms in total. The molecule has 0 saturated heterocycles. The largest absolute Gasteiger partial charge is 2.00 e. The van der Waals surface area contributed by atoms with E-state index in [1.807, 2.05) is 0 Å². The number of carboxylic acids is 2. The van der Waals surface area contributed by atoms with Crippen LogP contribution in [0.25, 0.3) is 45.3 Å². The monoisotopic (exact) mass is 1000 g/mol. The molecule has 6 aromatic heterocycles. The molecule has 0 radical (unpaired) electrons. The summed E-state index contributed by atoms with van der Waals surface area (Å²) in [5.74, 6) is -2.46. The first-order chi connectivity index (χ1) is 33.4. The van der Waals surface area contributed by atoms with Gasteiger partial charge in [0.25, 0.3) is 0 Å². The smallest absolute Gasteiger partial charge is 0.545 e. The fourth-order valence-corrected chi connectivity index (χ4v) is 5.12. The molecule has 8 rings (SSSR count). The van der Waals surface area contributed by atoms with Gasteiger partial charge in [-0.25, -0.2) is 0 Å². The van der Waals surface area contributed by atoms with Gasteiger partial charge in [0.2, 0.25) is 12.8 Å². The van der Waals surface area contributed by atoms with Crippen molar-refractivity contribution >= 4 is 58.9 Å². The van der Waals surface area contributed by atoms with Crippen LogP contribution in [0.4, 0.5) is 34.1 Å². The molecule has 0 aliphatic carbocycles. The molecule has 71 heavy (non-hydrogen) atoms. The minimum atomic E-state index is -1.23. The average molecular weight is 1000 g/mol. The molecular weight excluding hydrogens is 951 g/mol. The number of carbonyl (C=O) groups excluding carboxylic acids is 4. The number of nitrogen functional groups attached to an aromatic ring is 6. The molecule has 368 valence electrons. The number of hydrogen-bond acceptors (Lipinski definition) is 18. The van der Waals surface area contributed by atoms with Crippen LogP contribution < -0.4 is 44.6 Å². The number of pyridine rings is 6. The van der Waals surface area contributed by atoms with Crippen molar-refractivity contribution in [2.24, 2.45) is 0 Å². The summed E-state index contributed by atoms with van der Waals surface area (Å²) >= 11 is 0. The van der Waals surface area contributed by atoms with Gasteiger partial charge in [-0.05, 0) is 95.1 Å². The van der Waals surface area contributed by atoms with Gasteiger partial charge in [-0.2, -0.15) is 0 Å². The molecule has 12 N–H and O–H groups in total. The third kappa shape index (κ3) is 21.3. The minimum absolute atomic E-state index is 0. The van der Waals surface area contributed by atoms with Crippen molar-refractivity contribution in [2.75, 3.05) is 62.6 Å². The van der Waals surface area contributed by atoms with E-state index in [1.54, 1.807) is 162 Å². The van der Waals surface area contributed by atoms with Crippen LogP contribution in [0.1, 0.15) is 20.7 Å². The zero-order valence-corrected chi connectivity index (χ0v) is 40.0. The first-order valence-corrected chi connectivity index (χ1v) is 20.6. The molecule has 0 unspecified atom stereocenters. The molecule has 8 aromatic rings. The number of rotatable bonds is 8. The van der Waals surface area contributed by atoms with Gasteiger partial charge in [-0.3, -0.25) is 39.5 Å². The summed E-state index contributed by atoms with van der Waals surface area (Å²) in [5.41, 5.74) is 44.0. The molecule has 0 fully saturated rings. The van der Waals surface area contributed by atoms with Gasteiger partial charge < -0.3 is 64.0 Å². The first-order valence-electron chi connectivity index (χ1n) is 20.6. The standard InChI is InChI=1S/C14H10O4.3C10H10N4.2C3H7NO.Ni/c15-13(16)11-5-1-9(2-6-11)10-3-7-12(8-4-10)14(17)18;3*11-7-1-3-13-9(5-7)10-6-8(12)2-4-14-10;2*1-4(2)3-5;/h1-8H,(H,15,16)(H,17,18);3*1-6H,(H2,11,13)(H2,12,14);2*3H,1-2H3;/q;;;;;;+2/p-2. The number of anilines is 6. The maximum atomic E-state index is 10.6. The Balaban J connectivity index is 0.000000305. The maximum Gasteiger partial charge on any atom is 2.00 e. The van der Waals surface area contributed by atoms with Crippen molar-refractivity contribution in [2.45, 2.75) is 0 Å². The summed E-state index contributed by atoms with van der Waals surface area (Å²) in [4.78, 5) is 67.8. The van der Waals surface area contributed by atoms with Crippen molar-refractivity contribution in [3.05, 3.63) is 170 Å². The van der Waals surface area contributed by atoms with E-state index in [0.717, 1.165) is 58.1 Å². The molecular formula is C50H52N14NiO6. The quantitative estimate of drug-likeness (QED) is 0.0938. The van der Waals surface area contributed by atoms with Gasteiger partial charge in [0.1, 0.15) is 0 Å². The second kappa shape index (κ2) is 30.0. The van der Waals surface area contributed by atoms with E-state index in [-0.39, 0.29) is 27.6 Å². The average Bonchev–Trinajstić information content (AvgIpc) is 3.35. The number of hydrogen-bond donors (Lipinski definition) is 6. The van der Waals surface area contributed by atoms with E-state index in [4.69, 9.17) is 34.4 Å². The third-order valence-electron chi connectivity index (χ3n) is 8.49. The predicted octanol–water partition coefficient (Wildman–Crippen LogP) is 3.41. The molecule has 0 bridgehead atoms. The Hall–Kier alpha value is -9.49. The van der Waals surface area contributed by atoms with Crippen molar-refractivity contribution in [3.63, 3.8) is 0 Å². The van der Waals surface area contributed by atoms with Gasteiger partial charge >= 0.3 is 16.5 Å². The summed E-state index contributed by atoms with van der Waals surface area (Å²) < 4.78 is 0. The zero-order chi connectivity index (χ0) is 51.6. The van der Waals surface area contributed by atoms with Crippen molar-refractivity contribution < 1.29 is 45.9 Å².